The number of carbonyl (C=O) groups excluding carboxylic acids is 3. The molecule has 4 rings (SSSR count). The normalized spacial score (nSPS) is 14.4. The Hall–Kier alpha value is -3.74. The number of ketones is 1. The van der Waals surface area contributed by atoms with Gasteiger partial charge in [-0.2, -0.15) is 5.10 Å². The lowest BCUT2D eigenvalue weighted by Gasteiger charge is -2.13. The van der Waals surface area contributed by atoms with Crippen LogP contribution >= 0.6 is 0 Å². The average Bonchev–Trinajstić information content (AvgIpc) is 3.45. The summed E-state index contributed by atoms with van der Waals surface area (Å²) in [5, 5.41) is 6.56. The number of Topliss-reactive ketones (excluding diaryl/α,β-unsaturated/α-hetero) is 1. The molecule has 0 unspecified atom stereocenters. The highest BCUT2D eigenvalue weighted by Crippen LogP contribution is 2.20. The molecule has 7 heteroatoms. The van der Waals surface area contributed by atoms with E-state index in [9.17, 15) is 14.4 Å². The number of nitrogens with zero attached hydrogens (tertiary/aromatic N) is 2. The van der Waals surface area contributed by atoms with Crippen LogP contribution in [0, 0.1) is 0 Å². The molecule has 0 spiro atoms. The maximum absolute atomic E-state index is 12.7. The van der Waals surface area contributed by atoms with Gasteiger partial charge in [0, 0.05) is 35.5 Å². The lowest BCUT2D eigenvalue weighted by atomic mass is 10.1. The van der Waals surface area contributed by atoms with Gasteiger partial charge < -0.3 is 9.72 Å². The number of aromatic amines is 1. The number of aromatic nitrogens is 1. The van der Waals surface area contributed by atoms with Gasteiger partial charge in [0.2, 0.25) is 11.7 Å². The number of para-hydroxylation sites is 1. The highest BCUT2D eigenvalue weighted by molar-refractivity contribution is 6.10. The van der Waals surface area contributed by atoms with E-state index in [2.05, 4.69) is 10.1 Å². The van der Waals surface area contributed by atoms with Crippen molar-refractivity contribution in [3.8, 4) is 0 Å². The fraction of sp³-hybridized carbons (Fsp3) is 0.250. The number of carbonyl (C=O) groups is 3. The summed E-state index contributed by atoms with van der Waals surface area (Å²) in [7, 11) is 0. The number of amides is 1. The van der Waals surface area contributed by atoms with Gasteiger partial charge in [-0.15, -0.1) is 0 Å². The van der Waals surface area contributed by atoms with Crippen LogP contribution in [0.3, 0.4) is 0 Å². The zero-order valence-corrected chi connectivity index (χ0v) is 17.2. The van der Waals surface area contributed by atoms with E-state index in [-0.39, 0.29) is 24.5 Å². The zero-order chi connectivity index (χ0) is 21.8. The molecule has 0 saturated heterocycles. The molecule has 0 saturated carbocycles. The monoisotopic (exact) mass is 417 g/mol. The molecule has 0 aliphatic carbocycles. The van der Waals surface area contributed by atoms with Crippen molar-refractivity contribution in [3.63, 3.8) is 0 Å². The highest BCUT2D eigenvalue weighted by atomic mass is 16.5. The number of fused-ring (bicyclic) bond motifs is 1. The van der Waals surface area contributed by atoms with Crippen molar-refractivity contribution in [1.82, 2.24) is 9.99 Å². The van der Waals surface area contributed by atoms with E-state index in [1.807, 2.05) is 54.6 Å². The third-order valence-electron chi connectivity index (χ3n) is 5.27. The van der Waals surface area contributed by atoms with Crippen molar-refractivity contribution in [3.05, 3.63) is 71.9 Å². The van der Waals surface area contributed by atoms with Gasteiger partial charge in [-0.25, -0.2) is 5.01 Å². The molecule has 158 valence electrons. The SMILES string of the molecule is C[C@H](OC(=O)CCC(=O)N1CCC(c2ccccc2)=N1)C(=O)c1c[nH]c2ccccc12. The maximum atomic E-state index is 12.7. The van der Waals surface area contributed by atoms with E-state index >= 15 is 0 Å². The van der Waals surface area contributed by atoms with E-state index < -0.39 is 12.1 Å². The van der Waals surface area contributed by atoms with E-state index in [0.717, 1.165) is 22.2 Å². The highest BCUT2D eigenvalue weighted by Gasteiger charge is 2.25. The van der Waals surface area contributed by atoms with Gasteiger partial charge in [0.15, 0.2) is 6.10 Å². The summed E-state index contributed by atoms with van der Waals surface area (Å²) in [5.74, 6) is -1.10. The van der Waals surface area contributed by atoms with E-state index in [1.54, 1.807) is 13.1 Å². The summed E-state index contributed by atoms with van der Waals surface area (Å²) in [6.45, 7) is 2.04. The molecule has 0 fully saturated rings. The van der Waals surface area contributed by atoms with Crippen LogP contribution in [0.25, 0.3) is 10.9 Å². The fourth-order valence-corrected chi connectivity index (χ4v) is 3.61. The second-order valence-electron chi connectivity index (χ2n) is 7.42. The first kappa shape index (κ1) is 20.5. The van der Waals surface area contributed by atoms with Gasteiger partial charge in [-0.1, -0.05) is 48.5 Å². The summed E-state index contributed by atoms with van der Waals surface area (Å²) in [4.78, 5) is 40.4. The number of rotatable bonds is 7. The topological polar surface area (TPSA) is 91.8 Å². The van der Waals surface area contributed by atoms with Crippen LogP contribution in [0.1, 0.15) is 42.1 Å². The van der Waals surface area contributed by atoms with Gasteiger partial charge in [-0.05, 0) is 18.6 Å². The average molecular weight is 417 g/mol. The number of hydrogen-bond donors (Lipinski definition) is 1. The molecule has 1 amide bonds. The predicted molar refractivity (Wildman–Crippen MR) is 117 cm³/mol. The minimum Gasteiger partial charge on any atom is -0.454 e. The molecule has 2 aromatic carbocycles. The van der Waals surface area contributed by atoms with Crippen molar-refractivity contribution in [2.45, 2.75) is 32.3 Å². The number of H-pyrrole nitrogens is 1. The molecule has 0 bridgehead atoms. The van der Waals surface area contributed by atoms with Crippen molar-refractivity contribution >= 4 is 34.3 Å². The van der Waals surface area contributed by atoms with Gasteiger partial charge in [0.05, 0.1) is 18.7 Å². The van der Waals surface area contributed by atoms with E-state index in [1.165, 1.54) is 5.01 Å². The molecule has 1 aliphatic rings. The van der Waals surface area contributed by atoms with Crippen molar-refractivity contribution in [1.29, 1.82) is 0 Å². The first-order valence-corrected chi connectivity index (χ1v) is 10.3. The Morgan fingerprint density at radius 2 is 1.81 bits per heavy atom. The summed E-state index contributed by atoms with van der Waals surface area (Å²) in [5.41, 5.74) is 3.17. The predicted octanol–water partition coefficient (Wildman–Crippen LogP) is 3.70. The molecule has 1 atom stereocenters. The number of ether oxygens (including phenoxy) is 1. The first-order chi connectivity index (χ1) is 15.0. The fourth-order valence-electron chi connectivity index (χ4n) is 3.61. The third kappa shape index (κ3) is 4.55. The lowest BCUT2D eigenvalue weighted by Crippen LogP contribution is -2.27. The molecule has 1 aromatic heterocycles. The minimum atomic E-state index is -0.934. The maximum Gasteiger partial charge on any atom is 0.307 e. The summed E-state index contributed by atoms with van der Waals surface area (Å²) in [6.07, 6.45) is 1.25. The van der Waals surface area contributed by atoms with Gasteiger partial charge >= 0.3 is 5.97 Å². The van der Waals surface area contributed by atoms with Crippen LogP contribution < -0.4 is 0 Å². The summed E-state index contributed by atoms with van der Waals surface area (Å²) < 4.78 is 5.28. The van der Waals surface area contributed by atoms with Crippen LogP contribution in [0.5, 0.6) is 0 Å². The molecule has 1 N–H and O–H groups in total. The van der Waals surface area contributed by atoms with Gasteiger partial charge in [0.25, 0.3) is 0 Å². The summed E-state index contributed by atoms with van der Waals surface area (Å²) in [6, 6.07) is 17.1. The Kier molecular flexibility index (Phi) is 5.93. The molecular weight excluding hydrogens is 394 g/mol. The second-order valence-corrected chi connectivity index (χ2v) is 7.42. The Balaban J connectivity index is 1.29. The molecular formula is C24H23N3O4. The quantitative estimate of drug-likeness (QED) is 0.469. The number of hydrazone groups is 1. The van der Waals surface area contributed by atoms with E-state index in [4.69, 9.17) is 4.74 Å². The minimum absolute atomic E-state index is 0.0155. The Morgan fingerprint density at radius 3 is 2.61 bits per heavy atom. The Morgan fingerprint density at radius 1 is 1.06 bits per heavy atom. The van der Waals surface area contributed by atoms with Crippen molar-refractivity contribution in [2.75, 3.05) is 6.54 Å². The molecule has 0 radical (unpaired) electrons. The largest absolute Gasteiger partial charge is 0.454 e. The van der Waals surface area contributed by atoms with Crippen molar-refractivity contribution in [2.24, 2.45) is 5.10 Å². The Labute approximate surface area is 179 Å². The number of nitrogens with one attached hydrogen (secondary N) is 1. The van der Waals surface area contributed by atoms with Gasteiger partial charge in [0.1, 0.15) is 0 Å². The standard InChI is InChI=1S/C24H23N3O4/c1-16(24(30)19-15-25-21-10-6-5-9-18(19)21)31-23(29)12-11-22(28)27-14-13-20(26-27)17-7-3-2-4-8-17/h2-10,15-16,25H,11-14H2,1H3/t16-/m0/s1. The molecule has 2 heterocycles. The molecule has 7 nitrogen and oxygen atoms in total. The summed E-state index contributed by atoms with van der Waals surface area (Å²) >= 11 is 0. The van der Waals surface area contributed by atoms with E-state index in [0.29, 0.717) is 18.5 Å². The third-order valence-corrected chi connectivity index (χ3v) is 5.27. The smallest absolute Gasteiger partial charge is 0.307 e. The number of esters is 1. The van der Waals surface area contributed by atoms with Crippen LogP contribution in [0.2, 0.25) is 0 Å². The van der Waals surface area contributed by atoms with Crippen LogP contribution in [0.4, 0.5) is 0 Å². The first-order valence-electron chi connectivity index (χ1n) is 10.3. The second kappa shape index (κ2) is 8.95. The molecule has 1 aliphatic heterocycles. The molecule has 31 heavy (non-hydrogen) atoms. The molecule has 3 aromatic rings. The number of benzene rings is 2. The Bertz CT molecular complexity index is 1150. The zero-order valence-electron chi connectivity index (χ0n) is 17.2. The lowest BCUT2D eigenvalue weighted by molar-refractivity contribution is -0.148. The van der Waals surface area contributed by atoms with Crippen LogP contribution in [0.15, 0.2) is 65.9 Å². The van der Waals surface area contributed by atoms with Crippen molar-refractivity contribution < 1.29 is 19.1 Å². The number of hydrogen-bond acceptors (Lipinski definition) is 5. The van der Waals surface area contributed by atoms with Crippen LogP contribution in [-0.2, 0) is 14.3 Å². The van der Waals surface area contributed by atoms with Gasteiger partial charge in [-0.3, -0.25) is 14.4 Å². The van der Waals surface area contributed by atoms with Crippen LogP contribution in [-0.4, -0.2) is 46.0 Å².